The Bertz CT molecular complexity index is 973. The summed E-state index contributed by atoms with van der Waals surface area (Å²) in [6, 6.07) is 16.3. The van der Waals surface area contributed by atoms with Gasteiger partial charge in [-0.25, -0.2) is 9.97 Å². The molecule has 0 spiro atoms. The fraction of sp³-hybridized carbons (Fsp3) is 0.261. The fourth-order valence-electron chi connectivity index (χ4n) is 3.84. The summed E-state index contributed by atoms with van der Waals surface area (Å²) in [7, 11) is 0. The first kappa shape index (κ1) is 18.2. The molecule has 0 bridgehead atoms. The molecule has 1 fully saturated rings. The molecule has 5 heteroatoms. The van der Waals surface area contributed by atoms with Crippen LogP contribution in [0, 0.1) is 6.92 Å². The second-order valence-corrected chi connectivity index (χ2v) is 7.29. The first-order valence-corrected chi connectivity index (χ1v) is 9.60. The van der Waals surface area contributed by atoms with E-state index in [9.17, 15) is 4.79 Å². The van der Waals surface area contributed by atoms with Crippen LogP contribution in [-0.4, -0.2) is 46.5 Å². The Hall–Kier alpha value is -3.21. The average molecular weight is 372 g/mol. The monoisotopic (exact) mass is 372 g/mol. The molecule has 28 heavy (non-hydrogen) atoms. The van der Waals surface area contributed by atoms with Crippen molar-refractivity contribution in [2.24, 2.45) is 0 Å². The molecular weight excluding hydrogens is 348 g/mol. The Balaban J connectivity index is 1.51. The number of carbonyl (C=O) groups excluding carboxylic acids is 1. The molecule has 3 aromatic rings. The number of para-hydroxylation sites is 1. The highest BCUT2D eigenvalue weighted by molar-refractivity contribution is 5.95. The van der Waals surface area contributed by atoms with Gasteiger partial charge in [0.15, 0.2) is 0 Å². The van der Waals surface area contributed by atoms with E-state index >= 15 is 0 Å². The van der Waals surface area contributed by atoms with Crippen molar-refractivity contribution in [2.75, 3.05) is 24.5 Å². The van der Waals surface area contributed by atoms with Crippen LogP contribution in [0.2, 0.25) is 0 Å². The van der Waals surface area contributed by atoms with Crippen LogP contribution in [-0.2, 0) is 0 Å². The summed E-state index contributed by atoms with van der Waals surface area (Å²) in [6.45, 7) is 6.65. The second kappa shape index (κ2) is 7.80. The minimum absolute atomic E-state index is 0.0793. The summed E-state index contributed by atoms with van der Waals surface area (Å²) < 4.78 is 0. The fourth-order valence-corrected chi connectivity index (χ4v) is 3.84. The number of hydrogen-bond acceptors (Lipinski definition) is 4. The Morgan fingerprint density at radius 1 is 1.00 bits per heavy atom. The van der Waals surface area contributed by atoms with Crippen LogP contribution in [0.1, 0.15) is 22.8 Å². The summed E-state index contributed by atoms with van der Waals surface area (Å²) in [5.41, 5.74) is 5.10. The van der Waals surface area contributed by atoms with Gasteiger partial charge < -0.3 is 9.80 Å². The molecule has 4 rings (SSSR count). The van der Waals surface area contributed by atoms with Gasteiger partial charge in [-0.15, -0.1) is 0 Å². The standard InChI is InChI=1S/C23H24N4O/c1-17-6-3-4-9-22(17)26-10-11-27(18(2)15-26)23(28)20-8-5-7-19(12-20)21-13-24-16-25-14-21/h3-9,12-14,16,18H,10-11,15H2,1-2H3/t18-/m1/s1. The van der Waals surface area contributed by atoms with E-state index < -0.39 is 0 Å². The van der Waals surface area contributed by atoms with Crippen LogP contribution in [0.5, 0.6) is 0 Å². The lowest BCUT2D eigenvalue weighted by molar-refractivity contribution is 0.0674. The van der Waals surface area contributed by atoms with Crippen molar-refractivity contribution in [1.82, 2.24) is 14.9 Å². The molecule has 0 N–H and O–H groups in total. The van der Waals surface area contributed by atoms with E-state index in [0.29, 0.717) is 12.1 Å². The Morgan fingerprint density at radius 2 is 1.79 bits per heavy atom. The Kier molecular flexibility index (Phi) is 5.06. The van der Waals surface area contributed by atoms with E-state index in [1.54, 1.807) is 12.4 Å². The molecule has 2 heterocycles. The van der Waals surface area contributed by atoms with Crippen molar-refractivity contribution in [3.05, 3.63) is 78.4 Å². The van der Waals surface area contributed by atoms with Gasteiger partial charge in [-0.05, 0) is 43.2 Å². The van der Waals surface area contributed by atoms with Crippen molar-refractivity contribution in [1.29, 1.82) is 0 Å². The molecule has 5 nitrogen and oxygen atoms in total. The van der Waals surface area contributed by atoms with Crippen LogP contribution < -0.4 is 4.90 Å². The maximum Gasteiger partial charge on any atom is 0.254 e. The van der Waals surface area contributed by atoms with E-state index in [0.717, 1.165) is 24.2 Å². The second-order valence-electron chi connectivity index (χ2n) is 7.29. The molecule has 1 aromatic heterocycles. The number of hydrogen-bond donors (Lipinski definition) is 0. The van der Waals surface area contributed by atoms with Crippen molar-refractivity contribution >= 4 is 11.6 Å². The van der Waals surface area contributed by atoms with E-state index in [1.165, 1.54) is 17.6 Å². The third-order valence-electron chi connectivity index (χ3n) is 5.35. The number of aryl methyl sites for hydroxylation is 1. The maximum atomic E-state index is 13.2. The van der Waals surface area contributed by atoms with Crippen LogP contribution in [0.3, 0.4) is 0 Å². The zero-order valence-corrected chi connectivity index (χ0v) is 16.2. The number of benzene rings is 2. The van der Waals surface area contributed by atoms with E-state index in [1.807, 2.05) is 29.2 Å². The first-order valence-electron chi connectivity index (χ1n) is 9.60. The van der Waals surface area contributed by atoms with Crippen molar-refractivity contribution in [2.45, 2.75) is 19.9 Å². The van der Waals surface area contributed by atoms with Crippen molar-refractivity contribution < 1.29 is 4.79 Å². The van der Waals surface area contributed by atoms with Gasteiger partial charge >= 0.3 is 0 Å². The number of rotatable bonds is 3. The van der Waals surface area contributed by atoms with Gasteiger partial charge in [0.25, 0.3) is 5.91 Å². The molecule has 0 aliphatic carbocycles. The van der Waals surface area contributed by atoms with E-state index in [-0.39, 0.29) is 11.9 Å². The Morgan fingerprint density at radius 3 is 2.54 bits per heavy atom. The quantitative estimate of drug-likeness (QED) is 0.702. The number of amides is 1. The molecule has 2 aromatic carbocycles. The third kappa shape index (κ3) is 3.60. The lowest BCUT2D eigenvalue weighted by Gasteiger charge is -2.41. The number of nitrogens with zero attached hydrogens (tertiary/aromatic N) is 4. The summed E-state index contributed by atoms with van der Waals surface area (Å²) in [5, 5.41) is 0. The molecule has 1 saturated heterocycles. The van der Waals surface area contributed by atoms with Gasteiger partial charge in [0.05, 0.1) is 0 Å². The zero-order chi connectivity index (χ0) is 19.5. The van der Waals surface area contributed by atoms with Gasteiger partial charge in [0.2, 0.25) is 0 Å². The van der Waals surface area contributed by atoms with Gasteiger partial charge in [-0.1, -0.05) is 30.3 Å². The minimum atomic E-state index is 0.0793. The molecule has 1 atom stereocenters. The van der Waals surface area contributed by atoms with Gasteiger partial charge in [0.1, 0.15) is 6.33 Å². The lowest BCUT2D eigenvalue weighted by Crippen LogP contribution is -2.54. The largest absolute Gasteiger partial charge is 0.367 e. The molecule has 0 radical (unpaired) electrons. The lowest BCUT2D eigenvalue weighted by atomic mass is 10.0. The highest BCUT2D eigenvalue weighted by Crippen LogP contribution is 2.25. The third-order valence-corrected chi connectivity index (χ3v) is 5.35. The molecular formula is C23H24N4O. The number of anilines is 1. The highest BCUT2D eigenvalue weighted by atomic mass is 16.2. The summed E-state index contributed by atoms with van der Waals surface area (Å²) in [5.74, 6) is 0.0793. The summed E-state index contributed by atoms with van der Waals surface area (Å²) in [6.07, 6.45) is 5.04. The molecule has 1 amide bonds. The van der Waals surface area contributed by atoms with Crippen molar-refractivity contribution in [3.8, 4) is 11.1 Å². The number of piperazine rings is 1. The zero-order valence-electron chi connectivity index (χ0n) is 16.2. The van der Waals surface area contributed by atoms with E-state index in [2.05, 4.69) is 53.0 Å². The molecule has 1 aliphatic heterocycles. The molecule has 0 saturated carbocycles. The van der Waals surface area contributed by atoms with Crippen molar-refractivity contribution in [3.63, 3.8) is 0 Å². The van der Waals surface area contributed by atoms with Crippen LogP contribution >= 0.6 is 0 Å². The van der Waals surface area contributed by atoms with Crippen LogP contribution in [0.15, 0.2) is 67.3 Å². The predicted molar refractivity (Wildman–Crippen MR) is 111 cm³/mol. The molecule has 1 aliphatic rings. The SMILES string of the molecule is Cc1ccccc1N1CCN(C(=O)c2cccc(-c3cncnc3)c2)[C@H](C)C1. The topological polar surface area (TPSA) is 49.3 Å². The number of carbonyl (C=O) groups is 1. The maximum absolute atomic E-state index is 13.2. The number of aromatic nitrogens is 2. The molecule has 142 valence electrons. The average Bonchev–Trinajstić information content (AvgIpc) is 2.74. The van der Waals surface area contributed by atoms with Gasteiger partial charge in [-0.2, -0.15) is 0 Å². The smallest absolute Gasteiger partial charge is 0.254 e. The Labute approximate surface area is 165 Å². The van der Waals surface area contributed by atoms with Gasteiger partial charge in [-0.3, -0.25) is 4.79 Å². The van der Waals surface area contributed by atoms with E-state index in [4.69, 9.17) is 0 Å². The summed E-state index contributed by atoms with van der Waals surface area (Å²) >= 11 is 0. The highest BCUT2D eigenvalue weighted by Gasteiger charge is 2.28. The summed E-state index contributed by atoms with van der Waals surface area (Å²) in [4.78, 5) is 25.7. The first-order chi connectivity index (χ1) is 13.6. The molecule has 0 unspecified atom stereocenters. The van der Waals surface area contributed by atoms with Gasteiger partial charge in [0, 0.05) is 54.9 Å². The predicted octanol–water partition coefficient (Wildman–Crippen LogP) is 3.80. The minimum Gasteiger partial charge on any atom is -0.367 e. The normalized spacial score (nSPS) is 16.9. The van der Waals surface area contributed by atoms with Crippen LogP contribution in [0.25, 0.3) is 11.1 Å². The van der Waals surface area contributed by atoms with Crippen LogP contribution in [0.4, 0.5) is 5.69 Å².